The van der Waals surface area contributed by atoms with Crippen molar-refractivity contribution >= 4 is 29.7 Å². The van der Waals surface area contributed by atoms with E-state index in [0.29, 0.717) is 24.3 Å². The molecule has 2 amide bonds. The van der Waals surface area contributed by atoms with E-state index in [2.05, 4.69) is 5.32 Å². The number of ether oxygens (including phenoxy) is 7. The molecule has 1 heterocycles. The highest BCUT2D eigenvalue weighted by atomic mass is 16.6. The zero-order chi connectivity index (χ0) is 57.3. The Labute approximate surface area is 477 Å². The van der Waals surface area contributed by atoms with Crippen LogP contribution in [0.15, 0.2) is 206 Å². The molecule has 0 spiro atoms. The van der Waals surface area contributed by atoms with E-state index in [9.17, 15) is 14.4 Å². The first-order chi connectivity index (χ1) is 39.8. The van der Waals surface area contributed by atoms with Gasteiger partial charge in [-0.2, -0.15) is 0 Å². The highest BCUT2D eigenvalue weighted by Crippen LogP contribution is 2.39. The molecular weight excluding hydrogens is 1040 g/mol. The summed E-state index contributed by atoms with van der Waals surface area (Å²) in [5.41, 5.74) is 3.18. The third-order valence-electron chi connectivity index (χ3n) is 13.3. The van der Waals surface area contributed by atoms with Gasteiger partial charge in [0.05, 0.1) is 22.7 Å². The molecule has 1 aliphatic rings. The number of hydrogen-bond donors (Lipinski definition) is 1. The summed E-state index contributed by atoms with van der Waals surface area (Å²) in [6, 6.07) is 60.1. The van der Waals surface area contributed by atoms with E-state index >= 15 is 9.59 Å². The van der Waals surface area contributed by atoms with Gasteiger partial charge in [-0.25, -0.2) is 14.4 Å². The van der Waals surface area contributed by atoms with E-state index in [1.807, 2.05) is 152 Å². The number of esters is 2. The fraction of sp³-hybridized carbons (Fsp3) is 0.221. The van der Waals surface area contributed by atoms with Crippen LogP contribution in [0.5, 0.6) is 23.0 Å². The number of hydrogen-bond acceptors (Lipinski definition) is 12. The minimum atomic E-state index is -0.973. The average molecular weight is 1100 g/mol. The summed E-state index contributed by atoms with van der Waals surface area (Å²) in [4.78, 5) is 74.5. The van der Waals surface area contributed by atoms with E-state index in [0.717, 1.165) is 27.8 Å². The van der Waals surface area contributed by atoms with Crippen LogP contribution < -0.4 is 24.3 Å². The maximum atomic E-state index is 15.9. The Hall–Kier alpha value is -9.69. The molecule has 1 N–H and O–H groups in total. The summed E-state index contributed by atoms with van der Waals surface area (Å²) >= 11 is 0. The lowest BCUT2D eigenvalue weighted by atomic mass is 9.94. The second-order valence-corrected chi connectivity index (χ2v) is 20.6. The van der Waals surface area contributed by atoms with Crippen molar-refractivity contribution in [2.45, 2.75) is 84.4 Å². The van der Waals surface area contributed by atoms with Gasteiger partial charge in [0.15, 0.2) is 0 Å². The van der Waals surface area contributed by atoms with Crippen LogP contribution in [0, 0.1) is 0 Å². The predicted octanol–water partition coefficient (Wildman–Crippen LogP) is 12.9. The number of nitrogens with one attached hydrogen (secondary N) is 1. The first-order valence-corrected chi connectivity index (χ1v) is 27.2. The predicted molar refractivity (Wildman–Crippen MR) is 309 cm³/mol. The number of carbonyl (C=O) groups is 5. The van der Waals surface area contributed by atoms with Gasteiger partial charge >= 0.3 is 18.0 Å². The molecule has 8 aromatic carbocycles. The van der Waals surface area contributed by atoms with Crippen LogP contribution in [0.4, 0.5) is 4.79 Å². The lowest BCUT2D eigenvalue weighted by molar-refractivity contribution is 0.0126. The monoisotopic (exact) mass is 1100 g/mol. The third-order valence-corrected chi connectivity index (χ3v) is 13.3. The second kappa shape index (κ2) is 27.5. The number of benzene rings is 8. The summed E-state index contributed by atoms with van der Waals surface area (Å²) in [5, 5.41) is 3.06. The van der Waals surface area contributed by atoms with Crippen molar-refractivity contribution in [1.29, 1.82) is 0 Å². The molecule has 1 fully saturated rings. The van der Waals surface area contributed by atoms with E-state index in [4.69, 9.17) is 33.2 Å². The van der Waals surface area contributed by atoms with Crippen LogP contribution >= 0.6 is 0 Å². The van der Waals surface area contributed by atoms with Gasteiger partial charge in [-0.05, 0) is 110 Å². The molecule has 0 bridgehead atoms. The quantitative estimate of drug-likeness (QED) is 0.0412. The van der Waals surface area contributed by atoms with Crippen LogP contribution in [0.3, 0.4) is 0 Å². The van der Waals surface area contributed by atoms with Gasteiger partial charge in [0.1, 0.15) is 73.3 Å². The van der Waals surface area contributed by atoms with Crippen LogP contribution in [0.2, 0.25) is 0 Å². The summed E-state index contributed by atoms with van der Waals surface area (Å²) in [7, 11) is 0. The van der Waals surface area contributed by atoms with Gasteiger partial charge < -0.3 is 43.4 Å². The molecule has 0 radical (unpaired) electrons. The summed E-state index contributed by atoms with van der Waals surface area (Å²) < 4.78 is 43.6. The number of likely N-dealkylation sites (tertiary alicyclic amines) is 1. The zero-order valence-corrected chi connectivity index (χ0v) is 46.0. The molecule has 82 heavy (non-hydrogen) atoms. The molecule has 14 heteroatoms. The summed E-state index contributed by atoms with van der Waals surface area (Å²) in [6.07, 6.45) is -0.919. The Morgan fingerprint density at radius 2 is 0.976 bits per heavy atom. The molecule has 0 aromatic heterocycles. The first kappa shape index (κ1) is 57.0. The highest BCUT2D eigenvalue weighted by Gasteiger charge is 2.37. The second-order valence-electron chi connectivity index (χ2n) is 20.6. The molecule has 9 rings (SSSR count). The Balaban J connectivity index is 1.08. The smallest absolute Gasteiger partial charge is 0.410 e. The number of nitrogens with zero attached hydrogens (tertiary/aromatic N) is 1. The summed E-state index contributed by atoms with van der Waals surface area (Å²) in [5.74, 6) is -2.28. The maximum absolute atomic E-state index is 15.9. The third kappa shape index (κ3) is 15.8. The Morgan fingerprint density at radius 3 is 1.48 bits per heavy atom. The van der Waals surface area contributed by atoms with Crippen LogP contribution in [0.25, 0.3) is 0 Å². The van der Waals surface area contributed by atoms with Crippen LogP contribution in [-0.2, 0) is 47.2 Å². The Morgan fingerprint density at radius 1 is 0.500 bits per heavy atom. The molecule has 0 saturated carbocycles. The maximum Gasteiger partial charge on any atom is 0.410 e. The number of rotatable bonds is 21. The van der Waals surface area contributed by atoms with Gasteiger partial charge in [0.25, 0.3) is 5.91 Å². The highest BCUT2D eigenvalue weighted by molar-refractivity contribution is 6.19. The topological polar surface area (TPSA) is 165 Å². The molecule has 1 aliphatic heterocycles. The van der Waals surface area contributed by atoms with Gasteiger partial charge in [-0.3, -0.25) is 9.59 Å². The Bertz CT molecular complexity index is 3360. The van der Waals surface area contributed by atoms with Crippen molar-refractivity contribution in [3.63, 3.8) is 0 Å². The molecule has 1 saturated heterocycles. The van der Waals surface area contributed by atoms with Gasteiger partial charge in [0.2, 0.25) is 5.78 Å². The lowest BCUT2D eigenvalue weighted by Crippen LogP contribution is -2.51. The SMILES string of the molecule is CC(C)(C)OC(=O)N1CCC[C@@H](OC(=O)c2cc(OCc3ccccc3)c(C(=O)c3c(OCc4ccccc4)cccc3C(=O)OCc3ccccc3)c(OCc3ccccc3)c2)[C@H](NC(=O)c2ccc(OCc3ccccc3)cc2)C1. The number of carbonyl (C=O) groups excluding carboxylic acids is 5. The molecule has 0 unspecified atom stereocenters. The number of ketones is 1. The van der Waals surface area contributed by atoms with Gasteiger partial charge in [0, 0.05) is 18.7 Å². The molecule has 8 aromatic rings. The summed E-state index contributed by atoms with van der Waals surface area (Å²) in [6.45, 7) is 5.74. The largest absolute Gasteiger partial charge is 0.489 e. The van der Waals surface area contributed by atoms with Crippen molar-refractivity contribution in [3.8, 4) is 23.0 Å². The van der Waals surface area contributed by atoms with Crippen molar-refractivity contribution < 1.29 is 57.1 Å². The van der Waals surface area contributed by atoms with Crippen molar-refractivity contribution in [2.24, 2.45) is 0 Å². The van der Waals surface area contributed by atoms with E-state index < -0.39 is 47.5 Å². The molecule has 418 valence electrons. The zero-order valence-electron chi connectivity index (χ0n) is 46.0. The normalized spacial score (nSPS) is 14.1. The van der Waals surface area contributed by atoms with Crippen molar-refractivity contribution in [2.75, 3.05) is 13.1 Å². The number of amides is 2. The van der Waals surface area contributed by atoms with Crippen LogP contribution in [0.1, 0.15) is 108 Å². The van der Waals surface area contributed by atoms with Gasteiger partial charge in [-0.15, -0.1) is 0 Å². The van der Waals surface area contributed by atoms with E-state index in [-0.39, 0.29) is 85.4 Å². The average Bonchev–Trinajstić information content (AvgIpc) is 3.81. The van der Waals surface area contributed by atoms with E-state index in [1.165, 1.54) is 23.1 Å². The molecular formula is C68H64N2O12. The minimum Gasteiger partial charge on any atom is -0.489 e. The van der Waals surface area contributed by atoms with Crippen molar-refractivity contribution in [3.05, 3.63) is 262 Å². The molecule has 14 nitrogen and oxygen atoms in total. The van der Waals surface area contributed by atoms with E-state index in [1.54, 1.807) is 57.2 Å². The lowest BCUT2D eigenvalue weighted by Gasteiger charge is -2.30. The van der Waals surface area contributed by atoms with Crippen molar-refractivity contribution in [1.82, 2.24) is 10.2 Å². The molecule has 0 aliphatic carbocycles. The Kier molecular flexibility index (Phi) is 19.1. The van der Waals surface area contributed by atoms with Gasteiger partial charge in [-0.1, -0.05) is 158 Å². The standard InChI is InChI=1S/C68H64N2O12/c1-68(2,3)82-67(75)70-38-20-33-57(56(41-70)69-64(72)52-34-36-54(37-35-52)76-42-47-21-9-4-10-22-47)81-65(73)53-39-59(78-44-49-25-13-6-14-26-49)62(60(40-53)79-45-50-27-15-7-16-28-50)63(71)61-55(66(74)80-46-51-29-17-8-18-30-51)31-19-32-58(61)77-43-48-23-11-5-12-24-48/h4-19,21-32,34-37,39-40,56-57H,20,33,38,41-46H2,1-3H3,(H,69,72)/t56-,57-/m1/s1. The first-order valence-electron chi connectivity index (χ1n) is 27.2. The fourth-order valence-corrected chi connectivity index (χ4v) is 9.15. The minimum absolute atomic E-state index is 0.0484. The molecule has 2 atom stereocenters. The fourth-order valence-electron chi connectivity index (χ4n) is 9.15. The van der Waals surface area contributed by atoms with Crippen LogP contribution in [-0.4, -0.2) is 65.5 Å².